The molecule has 0 unspecified atom stereocenters. The minimum atomic E-state index is -3.51. The second-order valence-electron chi connectivity index (χ2n) is 6.03. The molecule has 0 bridgehead atoms. The summed E-state index contributed by atoms with van der Waals surface area (Å²) in [5, 5.41) is 10.7. The van der Waals surface area contributed by atoms with Crippen molar-refractivity contribution in [3.8, 4) is 11.5 Å². The van der Waals surface area contributed by atoms with Gasteiger partial charge in [0.05, 0.1) is 9.82 Å². The van der Waals surface area contributed by atoms with Gasteiger partial charge in [-0.25, -0.2) is 8.42 Å². The number of benzene rings is 2. The Morgan fingerprint density at radius 3 is 1.92 bits per heavy atom. The lowest BCUT2D eigenvalue weighted by molar-refractivity contribution is -0.384. The molecule has 1 aliphatic rings. The summed E-state index contributed by atoms with van der Waals surface area (Å²) in [7, 11) is -1.55. The topological polar surface area (TPSA) is 93.0 Å². The molecular formula is C17H19N3O5S. The van der Waals surface area contributed by atoms with Gasteiger partial charge in [-0.05, 0) is 43.4 Å². The summed E-state index contributed by atoms with van der Waals surface area (Å²) in [6, 6.07) is 11.8. The van der Waals surface area contributed by atoms with E-state index in [2.05, 4.69) is 4.90 Å². The van der Waals surface area contributed by atoms with Gasteiger partial charge in [0.15, 0.2) is 0 Å². The molecule has 8 nitrogen and oxygen atoms in total. The number of nitrogens with zero attached hydrogens (tertiary/aromatic N) is 3. The highest BCUT2D eigenvalue weighted by atomic mass is 32.2. The van der Waals surface area contributed by atoms with E-state index in [1.54, 1.807) is 12.1 Å². The predicted octanol–water partition coefficient (Wildman–Crippen LogP) is 2.32. The van der Waals surface area contributed by atoms with E-state index >= 15 is 0 Å². The van der Waals surface area contributed by atoms with Crippen molar-refractivity contribution < 1.29 is 18.1 Å². The Bertz CT molecular complexity index is 874. The molecule has 2 aromatic rings. The fourth-order valence-electron chi connectivity index (χ4n) is 2.63. The first-order valence-corrected chi connectivity index (χ1v) is 9.51. The van der Waals surface area contributed by atoms with Crippen LogP contribution in [0.15, 0.2) is 53.4 Å². The van der Waals surface area contributed by atoms with Gasteiger partial charge in [-0.15, -0.1) is 0 Å². The molecule has 0 radical (unpaired) electrons. The van der Waals surface area contributed by atoms with Crippen LogP contribution in [0.3, 0.4) is 0 Å². The molecule has 0 aliphatic carbocycles. The molecule has 0 saturated carbocycles. The summed E-state index contributed by atoms with van der Waals surface area (Å²) >= 11 is 0. The van der Waals surface area contributed by atoms with Gasteiger partial charge in [-0.2, -0.15) is 4.31 Å². The zero-order valence-corrected chi connectivity index (χ0v) is 15.1. The normalized spacial score (nSPS) is 16.3. The van der Waals surface area contributed by atoms with Crippen LogP contribution in [-0.4, -0.2) is 55.8 Å². The molecule has 1 heterocycles. The Morgan fingerprint density at radius 2 is 1.42 bits per heavy atom. The van der Waals surface area contributed by atoms with E-state index in [1.165, 1.54) is 40.7 Å². The highest BCUT2D eigenvalue weighted by Gasteiger charge is 2.27. The molecule has 0 amide bonds. The monoisotopic (exact) mass is 377 g/mol. The van der Waals surface area contributed by atoms with Gasteiger partial charge in [0.2, 0.25) is 10.0 Å². The van der Waals surface area contributed by atoms with Gasteiger partial charge in [-0.1, -0.05) is 0 Å². The smallest absolute Gasteiger partial charge is 0.269 e. The Morgan fingerprint density at radius 1 is 0.923 bits per heavy atom. The largest absolute Gasteiger partial charge is 0.457 e. The lowest BCUT2D eigenvalue weighted by Gasteiger charge is -2.31. The van der Waals surface area contributed by atoms with E-state index in [0.29, 0.717) is 37.7 Å². The number of piperazine rings is 1. The molecule has 2 aromatic carbocycles. The number of nitro benzene ring substituents is 1. The molecule has 0 spiro atoms. The van der Waals surface area contributed by atoms with Crippen LogP contribution in [0.4, 0.5) is 5.69 Å². The van der Waals surface area contributed by atoms with Crippen molar-refractivity contribution in [1.82, 2.24) is 9.21 Å². The first-order chi connectivity index (χ1) is 12.4. The number of likely N-dealkylation sites (N-methyl/N-ethyl adjacent to an activating group) is 1. The van der Waals surface area contributed by atoms with E-state index in [-0.39, 0.29) is 10.6 Å². The van der Waals surface area contributed by atoms with Crippen LogP contribution >= 0.6 is 0 Å². The second-order valence-corrected chi connectivity index (χ2v) is 7.97. The lowest BCUT2D eigenvalue weighted by Crippen LogP contribution is -2.46. The van der Waals surface area contributed by atoms with Gasteiger partial charge in [0.25, 0.3) is 5.69 Å². The van der Waals surface area contributed by atoms with Crippen LogP contribution in [-0.2, 0) is 10.0 Å². The van der Waals surface area contributed by atoms with E-state index in [1.807, 2.05) is 7.05 Å². The van der Waals surface area contributed by atoms with Gasteiger partial charge in [0, 0.05) is 38.3 Å². The summed E-state index contributed by atoms with van der Waals surface area (Å²) < 4.78 is 32.4. The summed E-state index contributed by atoms with van der Waals surface area (Å²) in [5.74, 6) is 0.890. The summed E-state index contributed by atoms with van der Waals surface area (Å²) in [6.45, 7) is 2.36. The van der Waals surface area contributed by atoms with E-state index in [9.17, 15) is 18.5 Å². The molecule has 1 fully saturated rings. The third-order valence-electron chi connectivity index (χ3n) is 4.21. The first kappa shape index (κ1) is 18.3. The molecule has 0 atom stereocenters. The lowest BCUT2D eigenvalue weighted by atomic mass is 10.3. The third-order valence-corrected chi connectivity index (χ3v) is 6.12. The van der Waals surface area contributed by atoms with Crippen LogP contribution in [0.1, 0.15) is 0 Å². The predicted molar refractivity (Wildman–Crippen MR) is 95.9 cm³/mol. The van der Waals surface area contributed by atoms with Crippen molar-refractivity contribution >= 4 is 15.7 Å². The number of non-ortho nitro benzene ring substituents is 1. The summed E-state index contributed by atoms with van der Waals surface area (Å²) in [5.41, 5.74) is -0.0223. The van der Waals surface area contributed by atoms with Crippen molar-refractivity contribution in [2.75, 3.05) is 33.2 Å². The maximum Gasteiger partial charge on any atom is 0.269 e. The first-order valence-electron chi connectivity index (χ1n) is 8.07. The van der Waals surface area contributed by atoms with E-state index < -0.39 is 14.9 Å². The van der Waals surface area contributed by atoms with Gasteiger partial charge in [-0.3, -0.25) is 10.1 Å². The number of sulfonamides is 1. The molecule has 26 heavy (non-hydrogen) atoms. The highest BCUT2D eigenvalue weighted by Crippen LogP contribution is 2.26. The van der Waals surface area contributed by atoms with E-state index in [0.717, 1.165) is 0 Å². The minimum Gasteiger partial charge on any atom is -0.457 e. The second kappa shape index (κ2) is 7.40. The molecule has 9 heteroatoms. The van der Waals surface area contributed by atoms with Crippen LogP contribution in [0.2, 0.25) is 0 Å². The average Bonchev–Trinajstić information content (AvgIpc) is 2.63. The Balaban J connectivity index is 1.70. The fourth-order valence-corrected chi connectivity index (χ4v) is 4.05. The number of rotatable bonds is 5. The van der Waals surface area contributed by atoms with Crippen LogP contribution in [0.5, 0.6) is 11.5 Å². The van der Waals surface area contributed by atoms with Crippen molar-refractivity contribution in [2.24, 2.45) is 0 Å². The Labute approximate surface area is 151 Å². The zero-order chi connectivity index (χ0) is 18.7. The highest BCUT2D eigenvalue weighted by molar-refractivity contribution is 7.89. The fraction of sp³-hybridized carbons (Fsp3) is 0.294. The summed E-state index contributed by atoms with van der Waals surface area (Å²) in [4.78, 5) is 12.5. The van der Waals surface area contributed by atoms with Crippen LogP contribution < -0.4 is 4.74 Å². The molecule has 1 saturated heterocycles. The molecule has 1 aliphatic heterocycles. The third kappa shape index (κ3) is 4.01. The van der Waals surface area contributed by atoms with Crippen molar-refractivity contribution in [1.29, 1.82) is 0 Å². The van der Waals surface area contributed by atoms with Gasteiger partial charge in [0.1, 0.15) is 11.5 Å². The maximum absolute atomic E-state index is 12.7. The quantitative estimate of drug-likeness (QED) is 0.586. The molecular weight excluding hydrogens is 358 g/mol. The van der Waals surface area contributed by atoms with Crippen LogP contribution in [0.25, 0.3) is 0 Å². The maximum atomic E-state index is 12.7. The van der Waals surface area contributed by atoms with Crippen molar-refractivity contribution in [3.05, 3.63) is 58.6 Å². The molecule has 138 valence electrons. The molecule has 0 aromatic heterocycles. The average molecular weight is 377 g/mol. The molecule has 3 rings (SSSR count). The number of hydrogen-bond donors (Lipinski definition) is 0. The Kier molecular flexibility index (Phi) is 5.21. The van der Waals surface area contributed by atoms with E-state index in [4.69, 9.17) is 4.74 Å². The number of nitro groups is 1. The summed E-state index contributed by atoms with van der Waals surface area (Å²) in [6.07, 6.45) is 0. The SMILES string of the molecule is CN1CCN(S(=O)(=O)c2ccc(Oc3ccc([N+](=O)[O-])cc3)cc2)CC1. The van der Waals surface area contributed by atoms with Crippen molar-refractivity contribution in [3.63, 3.8) is 0 Å². The number of ether oxygens (including phenoxy) is 1. The van der Waals surface area contributed by atoms with Gasteiger partial charge >= 0.3 is 0 Å². The zero-order valence-electron chi connectivity index (χ0n) is 14.2. The number of hydrogen-bond acceptors (Lipinski definition) is 6. The molecule has 0 N–H and O–H groups in total. The van der Waals surface area contributed by atoms with Gasteiger partial charge < -0.3 is 9.64 Å². The minimum absolute atomic E-state index is 0.0223. The standard InChI is InChI=1S/C17H19N3O5S/c1-18-10-12-19(13-11-18)26(23,24)17-8-6-16(7-9-17)25-15-4-2-14(3-5-15)20(21)22/h2-9H,10-13H2,1H3. The van der Waals surface area contributed by atoms with Crippen molar-refractivity contribution in [2.45, 2.75) is 4.90 Å². The Hall–Kier alpha value is -2.49. The van der Waals surface area contributed by atoms with Crippen LogP contribution in [0, 0.1) is 10.1 Å².